The van der Waals surface area contributed by atoms with Crippen LogP contribution in [0.4, 0.5) is 0 Å². The van der Waals surface area contributed by atoms with Gasteiger partial charge in [0.05, 0.1) is 19.1 Å². The number of hydrogen-bond donors (Lipinski definition) is 0. The van der Waals surface area contributed by atoms with Crippen molar-refractivity contribution in [2.75, 3.05) is 27.2 Å². The van der Waals surface area contributed by atoms with Crippen molar-refractivity contribution in [3.63, 3.8) is 0 Å². The number of amides is 2. The maximum Gasteiger partial charge on any atom is 0.228 e. The minimum atomic E-state index is -0.312. The van der Waals surface area contributed by atoms with Crippen molar-refractivity contribution in [2.24, 2.45) is 5.92 Å². The van der Waals surface area contributed by atoms with Gasteiger partial charge in [0.2, 0.25) is 11.8 Å². The minimum absolute atomic E-state index is 0.0469. The Morgan fingerprint density at radius 1 is 1.29 bits per heavy atom. The van der Waals surface area contributed by atoms with E-state index in [9.17, 15) is 9.59 Å². The number of rotatable bonds is 7. The molecular weight excluding hydrogens is 304 g/mol. The molecule has 2 amide bonds. The highest BCUT2D eigenvalue weighted by molar-refractivity contribution is 5.90. The Labute approximate surface area is 144 Å². The lowest BCUT2D eigenvalue weighted by molar-refractivity contribution is -0.135. The number of ether oxygens (including phenoxy) is 1. The van der Waals surface area contributed by atoms with Gasteiger partial charge in [0.25, 0.3) is 0 Å². The van der Waals surface area contributed by atoms with Gasteiger partial charge in [-0.1, -0.05) is 25.5 Å². The molecule has 0 radical (unpaired) electrons. The maximum atomic E-state index is 12.8. The predicted molar refractivity (Wildman–Crippen MR) is 93.8 cm³/mol. The third-order valence-electron chi connectivity index (χ3n) is 4.81. The molecule has 1 aliphatic rings. The van der Waals surface area contributed by atoms with Gasteiger partial charge in [-0.15, -0.1) is 0 Å². The lowest BCUT2D eigenvalue weighted by Gasteiger charge is -2.30. The number of likely N-dealkylation sites (tertiary alicyclic amines) is 1. The number of nitrogens with zero attached hydrogens (tertiary/aromatic N) is 2. The van der Waals surface area contributed by atoms with Gasteiger partial charge >= 0.3 is 0 Å². The van der Waals surface area contributed by atoms with E-state index in [2.05, 4.69) is 6.92 Å². The predicted octanol–water partition coefficient (Wildman–Crippen LogP) is 2.86. The summed E-state index contributed by atoms with van der Waals surface area (Å²) in [5.74, 6) is 0.585. The van der Waals surface area contributed by atoms with Crippen LogP contribution in [0.15, 0.2) is 24.3 Å². The molecule has 132 valence electrons. The SMILES string of the molecule is CCCCN1C(=O)CC(C(=O)N(C)CC)C1c1ccc(OC)cc1. The van der Waals surface area contributed by atoms with Gasteiger partial charge in [-0.3, -0.25) is 9.59 Å². The Hall–Kier alpha value is -2.04. The van der Waals surface area contributed by atoms with Crippen LogP contribution < -0.4 is 4.74 Å². The van der Waals surface area contributed by atoms with Crippen LogP contribution in [0.5, 0.6) is 5.75 Å². The zero-order valence-corrected chi connectivity index (χ0v) is 15.1. The molecule has 2 rings (SSSR count). The lowest BCUT2D eigenvalue weighted by atomic mass is 9.92. The van der Waals surface area contributed by atoms with Gasteiger partial charge < -0.3 is 14.5 Å². The van der Waals surface area contributed by atoms with Crippen molar-refractivity contribution in [1.29, 1.82) is 0 Å². The quantitative estimate of drug-likeness (QED) is 0.771. The summed E-state index contributed by atoms with van der Waals surface area (Å²) in [5, 5.41) is 0. The summed E-state index contributed by atoms with van der Waals surface area (Å²) in [4.78, 5) is 28.9. The van der Waals surface area contributed by atoms with E-state index in [0.717, 1.165) is 24.2 Å². The molecule has 0 bridgehead atoms. The van der Waals surface area contributed by atoms with Crippen molar-refractivity contribution >= 4 is 11.8 Å². The number of unbranched alkanes of at least 4 members (excludes halogenated alkanes) is 1. The first-order valence-corrected chi connectivity index (χ1v) is 8.71. The molecule has 1 aliphatic heterocycles. The highest BCUT2D eigenvalue weighted by atomic mass is 16.5. The second-order valence-corrected chi connectivity index (χ2v) is 6.32. The topological polar surface area (TPSA) is 49.9 Å². The van der Waals surface area contributed by atoms with Gasteiger partial charge in [-0.2, -0.15) is 0 Å². The van der Waals surface area contributed by atoms with Crippen molar-refractivity contribution in [3.05, 3.63) is 29.8 Å². The number of benzene rings is 1. The van der Waals surface area contributed by atoms with Crippen LogP contribution in [-0.2, 0) is 9.59 Å². The molecule has 0 N–H and O–H groups in total. The molecule has 2 unspecified atom stereocenters. The van der Waals surface area contributed by atoms with Crippen LogP contribution in [0, 0.1) is 5.92 Å². The van der Waals surface area contributed by atoms with Gasteiger partial charge in [0, 0.05) is 26.6 Å². The summed E-state index contributed by atoms with van der Waals surface area (Å²) < 4.78 is 5.22. The molecule has 0 saturated carbocycles. The summed E-state index contributed by atoms with van der Waals surface area (Å²) in [5.41, 5.74) is 1.00. The van der Waals surface area contributed by atoms with Gasteiger partial charge in [0.15, 0.2) is 0 Å². The third kappa shape index (κ3) is 3.71. The highest BCUT2D eigenvalue weighted by Gasteiger charge is 2.44. The fourth-order valence-corrected chi connectivity index (χ4v) is 3.26. The van der Waals surface area contributed by atoms with Gasteiger partial charge in [-0.05, 0) is 31.0 Å². The number of carbonyl (C=O) groups excluding carboxylic acids is 2. The average Bonchev–Trinajstić information content (AvgIpc) is 2.94. The second kappa shape index (κ2) is 8.18. The van der Waals surface area contributed by atoms with Crippen LogP contribution in [-0.4, -0.2) is 48.9 Å². The Balaban J connectivity index is 2.34. The molecule has 2 atom stereocenters. The monoisotopic (exact) mass is 332 g/mol. The fourth-order valence-electron chi connectivity index (χ4n) is 3.26. The number of carbonyl (C=O) groups is 2. The zero-order chi connectivity index (χ0) is 17.7. The molecule has 1 fully saturated rings. The first-order valence-electron chi connectivity index (χ1n) is 8.71. The molecule has 0 aliphatic carbocycles. The van der Waals surface area contributed by atoms with E-state index >= 15 is 0 Å². The molecule has 0 aromatic heterocycles. The Morgan fingerprint density at radius 2 is 1.96 bits per heavy atom. The molecule has 1 heterocycles. The summed E-state index contributed by atoms with van der Waals surface area (Å²) in [7, 11) is 3.43. The highest BCUT2D eigenvalue weighted by Crippen LogP contribution is 2.39. The molecule has 5 nitrogen and oxygen atoms in total. The smallest absolute Gasteiger partial charge is 0.228 e. The Kier molecular flexibility index (Phi) is 6.23. The minimum Gasteiger partial charge on any atom is -0.497 e. The number of methoxy groups -OCH3 is 1. The first kappa shape index (κ1) is 18.3. The lowest BCUT2D eigenvalue weighted by Crippen LogP contribution is -2.37. The largest absolute Gasteiger partial charge is 0.497 e. The van der Waals surface area contributed by atoms with Gasteiger partial charge in [-0.25, -0.2) is 0 Å². The van der Waals surface area contributed by atoms with Crippen molar-refractivity contribution in [3.8, 4) is 5.75 Å². The number of hydrogen-bond acceptors (Lipinski definition) is 3. The zero-order valence-electron chi connectivity index (χ0n) is 15.1. The summed E-state index contributed by atoms with van der Waals surface area (Å²) in [6.45, 7) is 5.40. The Morgan fingerprint density at radius 3 is 2.50 bits per heavy atom. The summed E-state index contributed by atoms with van der Waals surface area (Å²) in [6, 6.07) is 7.53. The third-order valence-corrected chi connectivity index (χ3v) is 4.81. The maximum absolute atomic E-state index is 12.8. The first-order chi connectivity index (χ1) is 11.5. The molecule has 1 aromatic carbocycles. The van der Waals surface area contributed by atoms with Crippen LogP contribution in [0.2, 0.25) is 0 Å². The Bertz CT molecular complexity index is 570. The summed E-state index contributed by atoms with van der Waals surface area (Å²) in [6.07, 6.45) is 2.26. The normalized spacial score (nSPS) is 20.3. The van der Waals surface area contributed by atoms with E-state index in [-0.39, 0.29) is 23.8 Å². The van der Waals surface area contributed by atoms with Crippen LogP contribution >= 0.6 is 0 Å². The average molecular weight is 332 g/mol. The molecule has 24 heavy (non-hydrogen) atoms. The van der Waals surface area contributed by atoms with Crippen molar-refractivity contribution in [2.45, 2.75) is 39.2 Å². The molecule has 1 saturated heterocycles. The van der Waals surface area contributed by atoms with E-state index in [1.165, 1.54) is 0 Å². The summed E-state index contributed by atoms with van der Waals surface area (Å²) >= 11 is 0. The van der Waals surface area contributed by atoms with E-state index in [0.29, 0.717) is 19.5 Å². The fraction of sp³-hybridized carbons (Fsp3) is 0.579. The van der Waals surface area contributed by atoms with E-state index in [1.54, 1.807) is 19.1 Å². The van der Waals surface area contributed by atoms with Crippen LogP contribution in [0.25, 0.3) is 0 Å². The second-order valence-electron chi connectivity index (χ2n) is 6.32. The van der Waals surface area contributed by atoms with Crippen molar-refractivity contribution < 1.29 is 14.3 Å². The van der Waals surface area contributed by atoms with Crippen molar-refractivity contribution in [1.82, 2.24) is 9.80 Å². The van der Waals surface area contributed by atoms with E-state index in [4.69, 9.17) is 4.74 Å². The van der Waals surface area contributed by atoms with E-state index < -0.39 is 0 Å². The molecule has 1 aromatic rings. The van der Waals surface area contributed by atoms with Gasteiger partial charge in [0.1, 0.15) is 5.75 Å². The molecular formula is C19H28N2O3. The molecule has 5 heteroatoms. The van der Waals surface area contributed by atoms with Crippen LogP contribution in [0.1, 0.15) is 44.7 Å². The van der Waals surface area contributed by atoms with E-state index in [1.807, 2.05) is 36.1 Å². The van der Waals surface area contributed by atoms with Crippen LogP contribution in [0.3, 0.4) is 0 Å². The molecule has 0 spiro atoms. The standard InChI is InChI=1S/C19H28N2O3/c1-5-7-12-21-17(22)13-16(19(23)20(3)6-2)18(21)14-8-10-15(24-4)11-9-14/h8-11,16,18H,5-7,12-13H2,1-4H3.